The predicted molar refractivity (Wildman–Crippen MR) is 112 cm³/mol. The van der Waals surface area contributed by atoms with Gasteiger partial charge in [-0.3, -0.25) is 4.79 Å². The largest absolute Gasteiger partial charge is 0.490 e. The number of carbonyl (C=O) groups is 1. The Morgan fingerprint density at radius 1 is 1.15 bits per heavy atom. The van der Waals surface area contributed by atoms with Crippen LogP contribution in [-0.4, -0.2) is 25.3 Å². The molecule has 0 unspecified atom stereocenters. The van der Waals surface area contributed by atoms with E-state index in [1.54, 1.807) is 6.21 Å². The first-order chi connectivity index (χ1) is 12.9. The first-order valence-electron chi connectivity index (χ1n) is 8.82. The lowest BCUT2D eigenvalue weighted by molar-refractivity contribution is -0.118. The molecular formula is C21H25BrN2O3. The molecule has 2 rings (SSSR count). The molecule has 1 N–H and O–H groups in total. The summed E-state index contributed by atoms with van der Waals surface area (Å²) in [4.78, 5) is 10.9. The number of benzene rings is 2. The number of halogens is 1. The van der Waals surface area contributed by atoms with Gasteiger partial charge in [-0.25, -0.2) is 5.43 Å². The Morgan fingerprint density at radius 3 is 2.52 bits per heavy atom. The third-order valence-electron chi connectivity index (χ3n) is 3.79. The first-order valence-corrected chi connectivity index (χ1v) is 9.61. The van der Waals surface area contributed by atoms with Crippen LogP contribution in [0.3, 0.4) is 0 Å². The number of hydrogen-bond donors (Lipinski definition) is 1. The van der Waals surface area contributed by atoms with Gasteiger partial charge in [0.2, 0.25) is 5.91 Å². The molecule has 6 heteroatoms. The van der Waals surface area contributed by atoms with E-state index in [0.717, 1.165) is 15.8 Å². The second kappa shape index (κ2) is 10.1. The van der Waals surface area contributed by atoms with Crippen molar-refractivity contribution < 1.29 is 14.3 Å². The minimum atomic E-state index is -0.226. The van der Waals surface area contributed by atoms with Crippen molar-refractivity contribution >= 4 is 28.1 Å². The predicted octanol–water partition coefficient (Wildman–Crippen LogP) is 4.81. The molecule has 0 aromatic heterocycles. The van der Waals surface area contributed by atoms with E-state index in [1.807, 2.05) is 18.2 Å². The van der Waals surface area contributed by atoms with Crippen molar-refractivity contribution in [2.24, 2.45) is 5.10 Å². The van der Waals surface area contributed by atoms with Crippen LogP contribution >= 0.6 is 15.9 Å². The number of nitrogens with zero attached hydrogens (tertiary/aromatic N) is 1. The summed E-state index contributed by atoms with van der Waals surface area (Å²) in [6, 6.07) is 11.9. The molecule has 27 heavy (non-hydrogen) atoms. The first kappa shape index (κ1) is 21.0. The highest BCUT2D eigenvalue weighted by molar-refractivity contribution is 9.10. The average molecular weight is 433 g/mol. The molecule has 0 heterocycles. The zero-order chi connectivity index (χ0) is 19.8. The lowest BCUT2D eigenvalue weighted by atomic mass is 10.0. The van der Waals surface area contributed by atoms with Gasteiger partial charge in [0, 0.05) is 17.0 Å². The smallest absolute Gasteiger partial charge is 0.236 e. The van der Waals surface area contributed by atoms with E-state index >= 15 is 0 Å². The molecule has 144 valence electrons. The van der Waals surface area contributed by atoms with Gasteiger partial charge in [-0.05, 0) is 48.2 Å². The Kier molecular flexibility index (Phi) is 7.85. The van der Waals surface area contributed by atoms with Gasteiger partial charge in [0.15, 0.2) is 0 Å². The summed E-state index contributed by atoms with van der Waals surface area (Å²) in [5, 5.41) is 3.90. The summed E-state index contributed by atoms with van der Waals surface area (Å²) in [5.74, 6) is 1.74. The molecule has 1 amide bonds. The molecule has 0 aliphatic heterocycles. The van der Waals surface area contributed by atoms with Gasteiger partial charge in [0.1, 0.15) is 24.7 Å². The number of hydrazone groups is 1. The van der Waals surface area contributed by atoms with E-state index in [4.69, 9.17) is 9.47 Å². The highest BCUT2D eigenvalue weighted by Crippen LogP contribution is 2.27. The molecule has 0 fully saturated rings. The third kappa shape index (κ3) is 6.71. The van der Waals surface area contributed by atoms with Gasteiger partial charge in [0.25, 0.3) is 0 Å². The Labute approximate surface area is 168 Å². The summed E-state index contributed by atoms with van der Waals surface area (Å²) in [5.41, 5.74) is 5.50. The van der Waals surface area contributed by atoms with Crippen LogP contribution in [0.1, 0.15) is 43.4 Å². The minimum absolute atomic E-state index is 0.226. The van der Waals surface area contributed by atoms with Gasteiger partial charge < -0.3 is 9.47 Å². The summed E-state index contributed by atoms with van der Waals surface area (Å²) in [6.45, 7) is 8.59. The lowest BCUT2D eigenvalue weighted by Gasteiger charge is -2.15. The van der Waals surface area contributed by atoms with Crippen LogP contribution in [0.5, 0.6) is 11.5 Å². The third-order valence-corrected chi connectivity index (χ3v) is 4.28. The van der Waals surface area contributed by atoms with Crippen LogP contribution in [0.2, 0.25) is 0 Å². The maximum Gasteiger partial charge on any atom is 0.236 e. The zero-order valence-corrected chi connectivity index (χ0v) is 17.7. The van der Waals surface area contributed by atoms with Crippen molar-refractivity contribution in [3.8, 4) is 11.5 Å². The van der Waals surface area contributed by atoms with Crippen molar-refractivity contribution in [2.75, 3.05) is 13.2 Å². The molecule has 2 aromatic rings. The Bertz CT molecular complexity index is 819. The number of aryl methyl sites for hydroxylation is 1. The molecule has 5 nitrogen and oxygen atoms in total. The normalized spacial score (nSPS) is 11.0. The van der Waals surface area contributed by atoms with Crippen LogP contribution in [0, 0.1) is 6.92 Å². The number of amides is 1. The Morgan fingerprint density at radius 2 is 1.85 bits per heavy atom. The zero-order valence-electron chi connectivity index (χ0n) is 16.1. The average Bonchev–Trinajstić information content (AvgIpc) is 2.59. The maximum absolute atomic E-state index is 10.9. The van der Waals surface area contributed by atoms with Crippen molar-refractivity contribution in [3.63, 3.8) is 0 Å². The van der Waals surface area contributed by atoms with Gasteiger partial charge in [-0.1, -0.05) is 41.9 Å². The number of carbonyl (C=O) groups excluding carboxylic acids is 1. The molecule has 0 aliphatic rings. The molecular weight excluding hydrogens is 408 g/mol. The van der Waals surface area contributed by atoms with Crippen LogP contribution in [0.4, 0.5) is 0 Å². The van der Waals surface area contributed by atoms with Crippen molar-refractivity contribution in [1.29, 1.82) is 0 Å². The highest BCUT2D eigenvalue weighted by Gasteiger charge is 2.09. The van der Waals surface area contributed by atoms with Crippen LogP contribution in [-0.2, 0) is 4.79 Å². The summed E-state index contributed by atoms with van der Waals surface area (Å²) in [7, 11) is 0. The number of ether oxygens (including phenoxy) is 2. The minimum Gasteiger partial charge on any atom is -0.490 e. The highest BCUT2D eigenvalue weighted by atomic mass is 79.9. The topological polar surface area (TPSA) is 59.9 Å². The second-order valence-corrected chi connectivity index (χ2v) is 7.42. The monoisotopic (exact) mass is 432 g/mol. The van der Waals surface area contributed by atoms with Crippen LogP contribution in [0.25, 0.3) is 0 Å². The quantitative estimate of drug-likeness (QED) is 0.369. The van der Waals surface area contributed by atoms with Gasteiger partial charge >= 0.3 is 0 Å². The summed E-state index contributed by atoms with van der Waals surface area (Å²) in [6.07, 6.45) is 1.56. The van der Waals surface area contributed by atoms with E-state index in [-0.39, 0.29) is 5.91 Å². The molecule has 0 aliphatic carbocycles. The van der Waals surface area contributed by atoms with Crippen molar-refractivity contribution in [1.82, 2.24) is 5.43 Å². The van der Waals surface area contributed by atoms with Gasteiger partial charge in [0.05, 0.1) is 6.21 Å². The molecule has 0 atom stereocenters. The molecule has 0 saturated carbocycles. The summed E-state index contributed by atoms with van der Waals surface area (Å²) >= 11 is 3.43. The Balaban J connectivity index is 1.99. The van der Waals surface area contributed by atoms with Crippen molar-refractivity contribution in [2.45, 2.75) is 33.6 Å². The molecule has 0 spiro atoms. The van der Waals surface area contributed by atoms with E-state index in [2.05, 4.69) is 65.4 Å². The number of hydrogen-bond acceptors (Lipinski definition) is 4. The fourth-order valence-electron chi connectivity index (χ4n) is 2.49. The van der Waals surface area contributed by atoms with E-state index < -0.39 is 0 Å². The molecule has 2 aromatic carbocycles. The second-order valence-electron chi connectivity index (χ2n) is 6.50. The van der Waals surface area contributed by atoms with E-state index in [1.165, 1.54) is 18.1 Å². The molecule has 0 radical (unpaired) electrons. The maximum atomic E-state index is 10.9. The van der Waals surface area contributed by atoms with Gasteiger partial charge in [-0.15, -0.1) is 0 Å². The van der Waals surface area contributed by atoms with E-state index in [9.17, 15) is 4.79 Å². The SMILES string of the molecule is CC(=O)NN=Cc1cc(Br)ccc1OCCOc1cc(C)ccc1C(C)C. The molecule has 0 bridgehead atoms. The number of rotatable bonds is 8. The van der Waals surface area contributed by atoms with Crippen LogP contribution in [0.15, 0.2) is 46.0 Å². The molecule has 0 saturated heterocycles. The standard InChI is InChI=1S/C21H25BrN2O3/c1-14(2)19-7-5-15(3)11-21(19)27-10-9-26-20-8-6-18(22)12-17(20)13-23-24-16(4)25/h5-8,11-14H,9-10H2,1-4H3,(H,24,25). The number of nitrogens with one attached hydrogen (secondary N) is 1. The van der Waals surface area contributed by atoms with Crippen molar-refractivity contribution in [3.05, 3.63) is 57.6 Å². The summed E-state index contributed by atoms with van der Waals surface area (Å²) < 4.78 is 12.7. The van der Waals surface area contributed by atoms with Crippen LogP contribution < -0.4 is 14.9 Å². The van der Waals surface area contributed by atoms with Gasteiger partial charge in [-0.2, -0.15) is 5.10 Å². The fourth-order valence-corrected chi connectivity index (χ4v) is 2.87. The van der Waals surface area contributed by atoms with E-state index in [0.29, 0.717) is 24.9 Å². The Hall–Kier alpha value is -2.34. The fraction of sp³-hybridized carbons (Fsp3) is 0.333. The lowest BCUT2D eigenvalue weighted by Crippen LogP contribution is -2.13.